The monoisotopic (exact) mass is 463 g/mol. The minimum atomic E-state index is -0.0293. The van der Waals surface area contributed by atoms with Crippen molar-refractivity contribution in [2.24, 2.45) is 5.92 Å². The molecule has 2 aromatic heterocycles. The average molecular weight is 464 g/mol. The van der Waals surface area contributed by atoms with Gasteiger partial charge in [0, 0.05) is 62.5 Å². The van der Waals surface area contributed by atoms with E-state index in [0.717, 1.165) is 30.0 Å². The first kappa shape index (κ1) is 21.4. The van der Waals surface area contributed by atoms with Crippen LogP contribution in [0.15, 0.2) is 60.4 Å². The van der Waals surface area contributed by atoms with Crippen LogP contribution in [0.25, 0.3) is 0 Å². The Kier molecular flexibility index (Phi) is 6.21. The predicted molar refractivity (Wildman–Crippen MR) is 127 cm³/mol. The topological polar surface area (TPSA) is 87.7 Å². The van der Waals surface area contributed by atoms with Gasteiger partial charge in [-0.15, -0.1) is 11.3 Å². The maximum Gasteiger partial charge on any atom is 0.282 e. The zero-order valence-corrected chi connectivity index (χ0v) is 18.9. The first-order valence-corrected chi connectivity index (χ1v) is 11.9. The highest BCUT2D eigenvalue weighted by Gasteiger charge is 2.33. The van der Waals surface area contributed by atoms with E-state index in [1.807, 2.05) is 52.9 Å². The molecule has 1 aromatic carbocycles. The van der Waals surface area contributed by atoms with Gasteiger partial charge in [-0.2, -0.15) is 0 Å². The van der Waals surface area contributed by atoms with Crippen molar-refractivity contribution >= 4 is 34.5 Å². The summed E-state index contributed by atoms with van der Waals surface area (Å²) in [5.74, 6) is 0.766. The molecule has 3 aromatic rings. The van der Waals surface area contributed by atoms with Gasteiger partial charge in [-0.1, -0.05) is 0 Å². The van der Waals surface area contributed by atoms with Gasteiger partial charge in [-0.25, -0.2) is 4.98 Å². The van der Waals surface area contributed by atoms with Gasteiger partial charge < -0.3 is 19.9 Å². The van der Waals surface area contributed by atoms with Gasteiger partial charge in [0.2, 0.25) is 5.91 Å². The molecule has 170 valence electrons. The number of hydrogen-bond acceptors (Lipinski definition) is 7. The number of carbonyl (C=O) groups is 2. The molecule has 2 aliphatic heterocycles. The molecule has 8 nitrogen and oxygen atoms in total. The van der Waals surface area contributed by atoms with Crippen LogP contribution in [0.4, 0.5) is 11.4 Å². The smallest absolute Gasteiger partial charge is 0.282 e. The lowest BCUT2D eigenvalue weighted by Gasteiger charge is -2.39. The van der Waals surface area contributed by atoms with Crippen LogP contribution in [0.1, 0.15) is 22.6 Å². The third kappa shape index (κ3) is 4.98. The molecule has 0 radical (unpaired) electrons. The van der Waals surface area contributed by atoms with Gasteiger partial charge in [0.25, 0.3) is 5.91 Å². The Bertz CT molecular complexity index is 1080. The third-order valence-electron chi connectivity index (χ3n) is 6.03. The number of carbonyl (C=O) groups excluding carboxylic acids is 2. The molecule has 4 heterocycles. The van der Waals surface area contributed by atoms with Gasteiger partial charge in [-0.3, -0.25) is 14.6 Å². The zero-order valence-electron chi connectivity index (χ0n) is 18.1. The summed E-state index contributed by atoms with van der Waals surface area (Å²) < 4.78 is 6.10. The third-order valence-corrected chi connectivity index (χ3v) is 6.79. The molecule has 2 fully saturated rings. The molecule has 0 saturated carbocycles. The number of anilines is 2. The Morgan fingerprint density at radius 3 is 2.52 bits per heavy atom. The van der Waals surface area contributed by atoms with Gasteiger partial charge in [-0.05, 0) is 36.4 Å². The standard InChI is InChI=1S/C24H25N5O3S/c30-22(17-15-29(16-17)19-2-1-9-25-14-19)27-18-3-5-20(6-4-18)32-21-7-11-28(12-8-21)24(31)23-26-10-13-33-23/h1-6,9-10,13-14,17,21H,7-8,11-12,15-16H2,(H,27,30). The normalized spacial score (nSPS) is 16.8. The molecule has 2 amide bonds. The van der Waals surface area contributed by atoms with Crippen LogP contribution in [0.5, 0.6) is 5.75 Å². The highest BCUT2D eigenvalue weighted by atomic mass is 32.1. The number of aromatic nitrogens is 2. The summed E-state index contributed by atoms with van der Waals surface area (Å²) in [5, 5.41) is 5.35. The number of piperidine rings is 1. The predicted octanol–water partition coefficient (Wildman–Crippen LogP) is 3.30. The number of rotatable bonds is 6. The van der Waals surface area contributed by atoms with E-state index in [-0.39, 0.29) is 23.8 Å². The molecule has 2 aliphatic rings. The lowest BCUT2D eigenvalue weighted by atomic mass is 9.98. The SMILES string of the molecule is O=C(Nc1ccc(OC2CCN(C(=O)c3nccs3)CC2)cc1)C1CN(c2cccnc2)C1. The number of pyridine rings is 1. The van der Waals surface area contributed by atoms with Gasteiger partial charge in [0.15, 0.2) is 5.01 Å². The van der Waals surface area contributed by atoms with E-state index in [2.05, 4.69) is 20.2 Å². The number of thiazole rings is 1. The van der Waals surface area contributed by atoms with E-state index in [0.29, 0.717) is 31.2 Å². The summed E-state index contributed by atoms with van der Waals surface area (Å²) in [6.07, 6.45) is 6.85. The Hall–Kier alpha value is -3.46. The minimum absolute atomic E-state index is 0.00133. The fraction of sp³-hybridized carbons (Fsp3) is 0.333. The molecule has 2 saturated heterocycles. The number of nitrogens with one attached hydrogen (secondary N) is 1. The molecule has 0 spiro atoms. The Morgan fingerprint density at radius 1 is 1.06 bits per heavy atom. The van der Waals surface area contributed by atoms with E-state index in [4.69, 9.17) is 4.74 Å². The van der Waals surface area contributed by atoms with Crippen LogP contribution < -0.4 is 15.0 Å². The summed E-state index contributed by atoms with van der Waals surface area (Å²) >= 11 is 1.37. The summed E-state index contributed by atoms with van der Waals surface area (Å²) in [6, 6.07) is 11.4. The van der Waals surface area contributed by atoms with Crippen molar-refractivity contribution in [3.8, 4) is 5.75 Å². The first-order valence-electron chi connectivity index (χ1n) is 11.1. The van der Waals surface area contributed by atoms with E-state index in [9.17, 15) is 9.59 Å². The summed E-state index contributed by atoms with van der Waals surface area (Å²) in [5.41, 5.74) is 1.80. The molecule has 0 bridgehead atoms. The lowest BCUT2D eigenvalue weighted by Crippen LogP contribution is -2.52. The van der Waals surface area contributed by atoms with Crippen molar-refractivity contribution in [1.29, 1.82) is 0 Å². The van der Waals surface area contributed by atoms with Crippen LogP contribution in [0.3, 0.4) is 0 Å². The summed E-state index contributed by atoms with van der Waals surface area (Å²) in [4.78, 5) is 37.1. The van der Waals surface area contributed by atoms with Crippen molar-refractivity contribution in [1.82, 2.24) is 14.9 Å². The van der Waals surface area contributed by atoms with E-state index < -0.39 is 0 Å². The van der Waals surface area contributed by atoms with Gasteiger partial charge in [0.05, 0.1) is 17.8 Å². The van der Waals surface area contributed by atoms with Crippen molar-refractivity contribution < 1.29 is 14.3 Å². The quantitative estimate of drug-likeness (QED) is 0.604. The number of likely N-dealkylation sites (tertiary alicyclic amines) is 1. The number of nitrogens with zero attached hydrogens (tertiary/aromatic N) is 4. The minimum Gasteiger partial charge on any atom is -0.490 e. The largest absolute Gasteiger partial charge is 0.490 e. The molecular formula is C24H25N5O3S. The van der Waals surface area contributed by atoms with Crippen molar-refractivity contribution in [2.45, 2.75) is 18.9 Å². The van der Waals surface area contributed by atoms with Gasteiger partial charge >= 0.3 is 0 Å². The van der Waals surface area contributed by atoms with Crippen LogP contribution in [0, 0.1) is 5.92 Å². The van der Waals surface area contributed by atoms with Crippen LogP contribution in [0.2, 0.25) is 0 Å². The number of benzene rings is 1. The molecular weight excluding hydrogens is 438 g/mol. The highest BCUT2D eigenvalue weighted by molar-refractivity contribution is 7.11. The van der Waals surface area contributed by atoms with E-state index >= 15 is 0 Å². The molecule has 1 N–H and O–H groups in total. The Morgan fingerprint density at radius 2 is 1.85 bits per heavy atom. The van der Waals surface area contributed by atoms with E-state index in [1.165, 1.54) is 11.3 Å². The number of ether oxygens (including phenoxy) is 1. The second kappa shape index (κ2) is 9.58. The van der Waals surface area contributed by atoms with Crippen molar-refractivity contribution in [3.05, 3.63) is 65.4 Å². The maximum atomic E-state index is 12.5. The first-order chi connectivity index (χ1) is 16.2. The molecule has 33 heavy (non-hydrogen) atoms. The average Bonchev–Trinajstić information content (AvgIpc) is 3.35. The van der Waals surface area contributed by atoms with E-state index in [1.54, 1.807) is 12.4 Å². The second-order valence-corrected chi connectivity index (χ2v) is 9.17. The molecule has 0 atom stereocenters. The highest BCUT2D eigenvalue weighted by Crippen LogP contribution is 2.26. The summed E-state index contributed by atoms with van der Waals surface area (Å²) in [7, 11) is 0. The van der Waals surface area contributed by atoms with Crippen LogP contribution >= 0.6 is 11.3 Å². The van der Waals surface area contributed by atoms with Crippen LogP contribution in [-0.2, 0) is 4.79 Å². The van der Waals surface area contributed by atoms with Crippen LogP contribution in [-0.4, -0.2) is 59.0 Å². The number of hydrogen-bond donors (Lipinski definition) is 1. The fourth-order valence-electron chi connectivity index (χ4n) is 4.09. The number of amides is 2. The second-order valence-electron chi connectivity index (χ2n) is 8.27. The Balaban J connectivity index is 1.06. The lowest BCUT2D eigenvalue weighted by molar-refractivity contribution is -0.120. The maximum absolute atomic E-state index is 12.5. The molecule has 9 heteroatoms. The van der Waals surface area contributed by atoms with Gasteiger partial charge in [0.1, 0.15) is 11.9 Å². The molecule has 0 aliphatic carbocycles. The fourth-order valence-corrected chi connectivity index (χ4v) is 4.69. The van der Waals surface area contributed by atoms with Crippen molar-refractivity contribution in [3.63, 3.8) is 0 Å². The molecule has 5 rings (SSSR count). The van der Waals surface area contributed by atoms with Crippen molar-refractivity contribution in [2.75, 3.05) is 36.4 Å². The zero-order chi connectivity index (χ0) is 22.6. The molecule has 0 unspecified atom stereocenters. The summed E-state index contributed by atoms with van der Waals surface area (Å²) in [6.45, 7) is 2.72. The Labute approximate surface area is 196 Å².